The summed E-state index contributed by atoms with van der Waals surface area (Å²) in [5, 5.41) is 9.41. The van der Waals surface area contributed by atoms with Crippen LogP contribution in [-0.4, -0.2) is 0 Å². The minimum atomic E-state index is 0. The molecule has 2 aromatic heterocycles. The molecule has 97 heavy (non-hydrogen) atoms. The Hall–Kier alpha value is -10.3. The van der Waals surface area contributed by atoms with Gasteiger partial charge in [0.25, 0.3) is 0 Å². The fraction of sp³-hybridized carbons (Fsp3) is 0.0118. The fourth-order valence-electron chi connectivity index (χ4n) is 12.1. The lowest BCUT2D eigenvalue weighted by Gasteiger charge is -2.29. The Bertz CT molecular complexity index is 5320. The minimum Gasteiger partial charge on any atom is -0.577 e. The van der Waals surface area contributed by atoms with Crippen molar-refractivity contribution in [1.29, 1.82) is 0 Å². The number of ether oxygens (including phenoxy) is 2. The predicted octanol–water partition coefficient (Wildman–Crippen LogP) is 28.1. The van der Waals surface area contributed by atoms with Crippen LogP contribution in [0.2, 0.25) is 5.02 Å². The number of hydrogen-bond acceptors (Lipinski definition) is 10. The Balaban J connectivity index is 0.000000137. The number of para-hydroxylation sites is 6. The van der Waals surface area contributed by atoms with Crippen LogP contribution in [0, 0.1) is 0 Å². The largest absolute Gasteiger partial charge is 0.577 e. The molecule has 0 bridgehead atoms. The quantitative estimate of drug-likeness (QED) is 0.129. The van der Waals surface area contributed by atoms with E-state index in [1.165, 1.54) is 40.3 Å². The standard InChI is InChI=1S/C42H28N2OS2.C24H16ClNOS.C18H13NS.CH4.H2P/c1-4-12-29(13-5-1)43(30-14-6-2-7-15-30)33-22-25-41-38(27-33)45-37-23-20-34(28-42(37)47-41)44(31-16-8-3-9-17-31)32-21-24-40-36(26-32)35-18-10-11-19-39(35)46-40;25-17-11-13-21-24(15-17)28-23-14-12-20(16-22(23)27-21)26(18-7-3-1-4-8-18)19-9-5-2-6-10-19;1-2-6-13(7-3-1)19-14-10-11-18-16(12-14)15-8-4-5-9-17(15)20-18;;/h1-28H;1-16H;1-12,19H;1H4;1H2/q;;;;-1. The van der Waals surface area contributed by atoms with E-state index in [-0.39, 0.29) is 17.3 Å². The number of rotatable bonds is 11. The van der Waals surface area contributed by atoms with Gasteiger partial charge in [0.15, 0.2) is 0 Å². The maximum absolute atomic E-state index is 6.62. The van der Waals surface area contributed by atoms with Gasteiger partial charge in [0.05, 0.1) is 19.6 Å². The summed E-state index contributed by atoms with van der Waals surface area (Å²) in [6.07, 6.45) is 0. The third-order valence-corrected chi connectivity index (χ3v) is 21.2. The molecule has 6 nitrogen and oxygen atoms in total. The van der Waals surface area contributed by atoms with Gasteiger partial charge in [0.1, 0.15) is 23.0 Å². The van der Waals surface area contributed by atoms with E-state index < -0.39 is 0 Å². The van der Waals surface area contributed by atoms with Gasteiger partial charge in [-0.05, 0) is 182 Å². The van der Waals surface area contributed by atoms with Crippen LogP contribution in [0.3, 0.4) is 0 Å². The highest BCUT2D eigenvalue weighted by Gasteiger charge is 2.25. The van der Waals surface area contributed by atoms with Crippen LogP contribution in [0.25, 0.3) is 40.3 Å². The fourth-order valence-corrected chi connectivity index (χ4v) is 16.4. The van der Waals surface area contributed by atoms with Crippen molar-refractivity contribution in [1.82, 2.24) is 0 Å². The van der Waals surface area contributed by atoms with Crippen molar-refractivity contribution in [3.8, 4) is 23.0 Å². The van der Waals surface area contributed by atoms with Crippen LogP contribution >= 0.6 is 67.7 Å². The Morgan fingerprint density at radius 2 is 0.608 bits per heavy atom. The number of halogens is 1. The molecule has 0 amide bonds. The van der Waals surface area contributed by atoms with E-state index in [1.54, 1.807) is 23.5 Å². The van der Waals surface area contributed by atoms with Gasteiger partial charge in [-0.25, -0.2) is 0 Å². The molecule has 472 valence electrons. The molecule has 12 heteroatoms. The van der Waals surface area contributed by atoms with Crippen molar-refractivity contribution in [2.75, 3.05) is 20.0 Å². The van der Waals surface area contributed by atoms with Crippen LogP contribution in [0.15, 0.2) is 359 Å². The van der Waals surface area contributed by atoms with Crippen molar-refractivity contribution in [2.45, 2.75) is 27.0 Å². The van der Waals surface area contributed by atoms with Gasteiger partial charge in [-0.2, -0.15) is 0 Å². The molecule has 0 fully saturated rings. The molecule has 0 aliphatic carbocycles. The Labute approximate surface area is 590 Å². The topological polar surface area (TPSA) is 40.2 Å². The van der Waals surface area contributed by atoms with Gasteiger partial charge in [0, 0.05) is 120 Å². The van der Waals surface area contributed by atoms with Gasteiger partial charge in [0.2, 0.25) is 0 Å². The molecule has 1 N–H and O–H groups in total. The summed E-state index contributed by atoms with van der Waals surface area (Å²) >= 11 is 13.3. The maximum Gasteiger partial charge on any atom is 0.143 e. The van der Waals surface area contributed by atoms with E-state index in [0.717, 1.165) is 105 Å². The lowest BCUT2D eigenvalue weighted by atomic mass is 10.1. The zero-order chi connectivity index (χ0) is 63.4. The minimum absolute atomic E-state index is 0. The molecule has 0 saturated carbocycles. The second-order valence-electron chi connectivity index (χ2n) is 22.7. The van der Waals surface area contributed by atoms with Crippen LogP contribution in [0.1, 0.15) is 7.43 Å². The van der Waals surface area contributed by atoms with Crippen LogP contribution in [0.4, 0.5) is 62.6 Å². The zero-order valence-corrected chi connectivity index (χ0v) is 56.8. The molecule has 0 atom stereocenters. The first-order chi connectivity index (χ1) is 47.0. The summed E-state index contributed by atoms with van der Waals surface area (Å²) in [6, 6.07) is 118. The van der Waals surface area contributed by atoms with E-state index in [0.29, 0.717) is 5.02 Å². The highest BCUT2D eigenvalue weighted by molar-refractivity contribution is 8.00. The number of fused-ring (bicyclic) bond motifs is 10. The van der Waals surface area contributed by atoms with Gasteiger partial charge < -0.3 is 39.4 Å². The summed E-state index contributed by atoms with van der Waals surface area (Å²) in [5.41, 5.74) is 12.1. The van der Waals surface area contributed by atoms with Crippen molar-refractivity contribution < 1.29 is 9.47 Å². The number of nitrogens with zero attached hydrogens (tertiary/aromatic N) is 3. The lowest BCUT2D eigenvalue weighted by Crippen LogP contribution is -2.11. The predicted molar refractivity (Wildman–Crippen MR) is 422 cm³/mol. The maximum atomic E-state index is 6.62. The number of hydrogen-bond donors (Lipinski definition) is 1. The number of benzene rings is 14. The van der Waals surface area contributed by atoms with Crippen molar-refractivity contribution in [3.05, 3.63) is 345 Å². The molecule has 2 aliphatic heterocycles. The lowest BCUT2D eigenvalue weighted by molar-refractivity contribution is 0.454. The van der Waals surface area contributed by atoms with E-state index in [4.69, 9.17) is 21.1 Å². The van der Waals surface area contributed by atoms with Crippen molar-refractivity contribution >= 4 is 171 Å². The molecule has 18 rings (SSSR count). The molecular formula is C85H63ClN4O2PS4-. The zero-order valence-electron chi connectivity index (χ0n) is 51.6. The molecule has 16 aromatic rings. The van der Waals surface area contributed by atoms with Gasteiger partial charge >= 0.3 is 0 Å². The normalized spacial score (nSPS) is 11.5. The molecule has 0 spiro atoms. The van der Waals surface area contributed by atoms with Gasteiger partial charge in [-0.15, -0.1) is 22.7 Å². The molecule has 0 radical (unpaired) electrons. The van der Waals surface area contributed by atoms with Crippen molar-refractivity contribution in [2.24, 2.45) is 0 Å². The molecule has 2 aliphatic rings. The van der Waals surface area contributed by atoms with Crippen LogP contribution < -0.4 is 29.5 Å². The third kappa shape index (κ3) is 13.7. The Morgan fingerprint density at radius 3 is 1.09 bits per heavy atom. The number of anilines is 11. The SMILES string of the molecule is C.Clc1ccc2c(c1)Sc1ccc(N(c3ccccc3)c3ccccc3)cc1O2.[PH2-].c1ccc(N(c2ccccc2)c2ccc3c(c2)Oc2ccc(N(c4ccccc4)c4ccc5sc6ccccc6c5c4)cc2S3)cc1.c1ccc(Nc2ccc3sc4ccccc4c3c2)cc1. The highest BCUT2D eigenvalue weighted by atomic mass is 35.5. The molecule has 14 aromatic carbocycles. The van der Waals surface area contributed by atoms with E-state index >= 15 is 0 Å². The molecule has 4 heterocycles. The molecule has 0 saturated heterocycles. The first kappa shape index (κ1) is 64.1. The first-order valence-electron chi connectivity index (χ1n) is 31.2. The summed E-state index contributed by atoms with van der Waals surface area (Å²) in [6.45, 7) is 0. The second kappa shape index (κ2) is 29.0. The van der Waals surface area contributed by atoms with E-state index in [1.807, 2.05) is 83.3 Å². The smallest absolute Gasteiger partial charge is 0.143 e. The van der Waals surface area contributed by atoms with E-state index in [2.05, 4.69) is 299 Å². The van der Waals surface area contributed by atoms with Gasteiger partial charge in [-0.1, -0.05) is 188 Å². The first-order valence-corrected chi connectivity index (χ1v) is 34.8. The third-order valence-electron chi connectivity index (χ3n) is 16.5. The van der Waals surface area contributed by atoms with Crippen LogP contribution in [0.5, 0.6) is 23.0 Å². The Kier molecular flexibility index (Phi) is 19.2. The summed E-state index contributed by atoms with van der Waals surface area (Å²) in [4.78, 5) is 11.1. The van der Waals surface area contributed by atoms with E-state index in [9.17, 15) is 0 Å². The van der Waals surface area contributed by atoms with Crippen molar-refractivity contribution in [3.63, 3.8) is 0 Å². The summed E-state index contributed by atoms with van der Waals surface area (Å²) in [5.74, 6) is 3.42. The summed E-state index contributed by atoms with van der Waals surface area (Å²) < 4.78 is 18.1. The average Bonchev–Trinajstić information content (AvgIpc) is 1.45. The van der Waals surface area contributed by atoms with Gasteiger partial charge in [-0.3, -0.25) is 0 Å². The molecular weight excluding hydrogens is 1300 g/mol. The van der Waals surface area contributed by atoms with Crippen LogP contribution in [-0.2, 0) is 0 Å². The highest BCUT2D eigenvalue weighted by Crippen LogP contribution is 2.53. The second-order valence-corrected chi connectivity index (χ2v) is 27.4. The number of nitrogens with one attached hydrogen (secondary N) is 1. The molecule has 0 unspecified atom stereocenters. The average molecular weight is 1370 g/mol. The Morgan fingerprint density at radius 1 is 0.258 bits per heavy atom. The summed E-state index contributed by atoms with van der Waals surface area (Å²) in [7, 11) is 0. The monoisotopic (exact) mass is 1370 g/mol. The number of thiophene rings is 2.